The molecule has 162 valence electrons. The predicted octanol–water partition coefficient (Wildman–Crippen LogP) is 4.44. The molecule has 0 aromatic heterocycles. The summed E-state index contributed by atoms with van der Waals surface area (Å²) in [5, 5.41) is 10.6. The molecule has 1 aliphatic heterocycles. The van der Waals surface area contributed by atoms with E-state index in [9.17, 15) is 18.7 Å². The average molecular weight is 457 g/mol. The van der Waals surface area contributed by atoms with Crippen LogP contribution in [0.2, 0.25) is 10.0 Å². The van der Waals surface area contributed by atoms with Gasteiger partial charge in [0.05, 0.1) is 35.2 Å². The molecule has 8 heteroatoms. The summed E-state index contributed by atoms with van der Waals surface area (Å²) in [7, 11) is 0. The van der Waals surface area contributed by atoms with Crippen molar-refractivity contribution >= 4 is 29.1 Å². The zero-order chi connectivity index (χ0) is 21.7. The molecule has 0 saturated carbocycles. The van der Waals surface area contributed by atoms with Crippen LogP contribution < -0.4 is 0 Å². The zero-order valence-corrected chi connectivity index (χ0v) is 17.9. The third-order valence-corrected chi connectivity index (χ3v) is 6.00. The van der Waals surface area contributed by atoms with Crippen LogP contribution in [0.4, 0.5) is 8.78 Å². The average Bonchev–Trinajstić information content (AvgIpc) is 3.14. The van der Waals surface area contributed by atoms with Crippen molar-refractivity contribution < 1.29 is 18.7 Å². The molecule has 1 N–H and O–H groups in total. The van der Waals surface area contributed by atoms with Crippen LogP contribution in [0.5, 0.6) is 0 Å². The second-order valence-corrected chi connectivity index (χ2v) is 8.29. The number of benzene rings is 2. The van der Waals surface area contributed by atoms with E-state index >= 15 is 0 Å². The summed E-state index contributed by atoms with van der Waals surface area (Å²) < 4.78 is 26.6. The Balaban J connectivity index is 1.81. The SMILES string of the molecule is O=C(Cc1ccc(Cl)c(Cl)c1)N(CC(F)F)C[C@@H](c1ccccc1)N1CC[C@H](O)C1. The molecular formula is C22H24Cl2F2N2O2. The Bertz CT molecular complexity index is 854. The number of hydrogen-bond donors (Lipinski definition) is 1. The summed E-state index contributed by atoms with van der Waals surface area (Å²) in [6.07, 6.45) is -2.53. The molecule has 0 bridgehead atoms. The van der Waals surface area contributed by atoms with Gasteiger partial charge < -0.3 is 10.0 Å². The van der Waals surface area contributed by atoms with Crippen LogP contribution in [0.3, 0.4) is 0 Å². The van der Waals surface area contributed by atoms with Crippen LogP contribution in [-0.2, 0) is 11.2 Å². The smallest absolute Gasteiger partial charge is 0.255 e. The van der Waals surface area contributed by atoms with E-state index in [-0.39, 0.29) is 19.0 Å². The maximum atomic E-state index is 13.3. The van der Waals surface area contributed by atoms with Gasteiger partial charge in [-0.3, -0.25) is 9.69 Å². The second kappa shape index (κ2) is 10.5. The van der Waals surface area contributed by atoms with Crippen molar-refractivity contribution in [2.75, 3.05) is 26.2 Å². The minimum atomic E-state index is -2.65. The molecule has 1 fully saturated rings. The number of halogens is 4. The third-order valence-electron chi connectivity index (χ3n) is 5.26. The van der Waals surface area contributed by atoms with Gasteiger partial charge in [0.1, 0.15) is 0 Å². The van der Waals surface area contributed by atoms with Gasteiger partial charge in [0.2, 0.25) is 5.91 Å². The van der Waals surface area contributed by atoms with Crippen LogP contribution in [0.1, 0.15) is 23.6 Å². The Morgan fingerprint density at radius 3 is 2.47 bits per heavy atom. The molecule has 0 spiro atoms. The van der Waals surface area contributed by atoms with E-state index in [0.717, 1.165) is 5.56 Å². The van der Waals surface area contributed by atoms with Crippen molar-refractivity contribution in [3.63, 3.8) is 0 Å². The van der Waals surface area contributed by atoms with Gasteiger partial charge in [0, 0.05) is 19.6 Å². The van der Waals surface area contributed by atoms with Crippen LogP contribution >= 0.6 is 23.2 Å². The largest absolute Gasteiger partial charge is 0.392 e. The fourth-order valence-corrected chi connectivity index (χ4v) is 4.07. The minimum absolute atomic E-state index is 0.0479. The van der Waals surface area contributed by atoms with E-state index in [1.165, 1.54) is 4.90 Å². The summed E-state index contributed by atoms with van der Waals surface area (Å²) in [5.41, 5.74) is 1.54. The Morgan fingerprint density at radius 1 is 1.13 bits per heavy atom. The summed E-state index contributed by atoms with van der Waals surface area (Å²) in [6, 6.07) is 14.0. The predicted molar refractivity (Wildman–Crippen MR) is 114 cm³/mol. The molecule has 30 heavy (non-hydrogen) atoms. The third kappa shape index (κ3) is 6.14. The quantitative estimate of drug-likeness (QED) is 0.638. The Labute approximate surface area is 185 Å². The topological polar surface area (TPSA) is 43.8 Å². The highest BCUT2D eigenvalue weighted by Gasteiger charge is 2.31. The fraction of sp³-hybridized carbons (Fsp3) is 0.409. The number of carbonyl (C=O) groups is 1. The number of carbonyl (C=O) groups excluding carboxylic acids is 1. The molecule has 1 aliphatic rings. The van der Waals surface area contributed by atoms with E-state index in [1.54, 1.807) is 18.2 Å². The lowest BCUT2D eigenvalue weighted by Crippen LogP contribution is -2.43. The van der Waals surface area contributed by atoms with Crippen LogP contribution in [0.25, 0.3) is 0 Å². The number of aliphatic hydroxyl groups excluding tert-OH is 1. The van der Waals surface area contributed by atoms with E-state index in [1.807, 2.05) is 35.2 Å². The first-order chi connectivity index (χ1) is 14.3. The molecule has 0 unspecified atom stereocenters. The van der Waals surface area contributed by atoms with E-state index in [2.05, 4.69) is 0 Å². The number of nitrogens with zero attached hydrogens (tertiary/aromatic N) is 2. The van der Waals surface area contributed by atoms with Gasteiger partial charge >= 0.3 is 0 Å². The number of aliphatic hydroxyl groups is 1. The summed E-state index contributed by atoms with van der Waals surface area (Å²) >= 11 is 11.9. The highest BCUT2D eigenvalue weighted by Crippen LogP contribution is 2.27. The molecular weight excluding hydrogens is 433 g/mol. The van der Waals surface area contributed by atoms with E-state index < -0.39 is 25.0 Å². The van der Waals surface area contributed by atoms with Crippen LogP contribution in [0.15, 0.2) is 48.5 Å². The Morgan fingerprint density at radius 2 is 1.87 bits per heavy atom. The van der Waals surface area contributed by atoms with Gasteiger partial charge in [-0.15, -0.1) is 0 Å². The molecule has 3 rings (SSSR count). The molecule has 4 nitrogen and oxygen atoms in total. The van der Waals surface area contributed by atoms with Crippen molar-refractivity contribution in [3.8, 4) is 0 Å². The Kier molecular flexibility index (Phi) is 8.06. The number of rotatable bonds is 8. The highest BCUT2D eigenvalue weighted by atomic mass is 35.5. The van der Waals surface area contributed by atoms with Gasteiger partial charge in [-0.05, 0) is 29.7 Å². The molecule has 2 aromatic rings. The van der Waals surface area contributed by atoms with E-state index in [4.69, 9.17) is 23.2 Å². The molecule has 1 amide bonds. The van der Waals surface area contributed by atoms with Gasteiger partial charge in [0.25, 0.3) is 6.43 Å². The lowest BCUT2D eigenvalue weighted by molar-refractivity contribution is -0.133. The first-order valence-corrected chi connectivity index (χ1v) is 10.6. The van der Waals surface area contributed by atoms with Crippen molar-refractivity contribution in [3.05, 3.63) is 69.7 Å². The number of β-amino-alcohol motifs (C(OH)–C–C–N with tert-alkyl or cyclic N) is 1. The normalized spacial score (nSPS) is 18.0. The van der Waals surface area contributed by atoms with Gasteiger partial charge in [-0.25, -0.2) is 8.78 Å². The van der Waals surface area contributed by atoms with Crippen LogP contribution in [0, 0.1) is 0 Å². The monoisotopic (exact) mass is 456 g/mol. The summed E-state index contributed by atoms with van der Waals surface area (Å²) in [5.74, 6) is -0.408. The van der Waals surface area contributed by atoms with Crippen molar-refractivity contribution in [2.45, 2.75) is 31.4 Å². The lowest BCUT2D eigenvalue weighted by Gasteiger charge is -2.33. The minimum Gasteiger partial charge on any atom is -0.392 e. The van der Waals surface area contributed by atoms with Crippen LogP contribution in [-0.4, -0.2) is 59.5 Å². The number of amides is 1. The first-order valence-electron chi connectivity index (χ1n) is 9.80. The number of hydrogen-bond acceptors (Lipinski definition) is 3. The first kappa shape index (κ1) is 22.9. The zero-order valence-electron chi connectivity index (χ0n) is 16.4. The second-order valence-electron chi connectivity index (χ2n) is 7.48. The van der Waals surface area contributed by atoms with Gasteiger partial charge in [-0.2, -0.15) is 0 Å². The molecule has 1 heterocycles. The maximum absolute atomic E-state index is 13.3. The highest BCUT2D eigenvalue weighted by molar-refractivity contribution is 6.42. The molecule has 2 atom stereocenters. The summed E-state index contributed by atoms with van der Waals surface area (Å²) in [4.78, 5) is 16.2. The number of alkyl halides is 2. The Hall–Kier alpha value is -1.73. The molecule has 1 saturated heterocycles. The molecule has 0 radical (unpaired) electrons. The lowest BCUT2D eigenvalue weighted by atomic mass is 10.0. The summed E-state index contributed by atoms with van der Waals surface area (Å²) in [6.45, 7) is 0.550. The number of likely N-dealkylation sites (tertiary alicyclic amines) is 1. The van der Waals surface area contributed by atoms with Gasteiger partial charge in [-0.1, -0.05) is 59.6 Å². The van der Waals surface area contributed by atoms with Gasteiger partial charge in [0.15, 0.2) is 0 Å². The standard InChI is InChI=1S/C22H24Cl2F2N2O2/c23-18-7-6-15(10-19(18)24)11-22(30)28(14-21(25)26)13-20(16-4-2-1-3-5-16)27-9-8-17(29)12-27/h1-7,10,17,20-21,29H,8-9,11-14H2/t17-,20-/m0/s1. The van der Waals surface area contributed by atoms with Crippen molar-refractivity contribution in [2.24, 2.45) is 0 Å². The maximum Gasteiger partial charge on any atom is 0.255 e. The van der Waals surface area contributed by atoms with Crippen molar-refractivity contribution in [1.82, 2.24) is 9.80 Å². The van der Waals surface area contributed by atoms with Crippen molar-refractivity contribution in [1.29, 1.82) is 0 Å². The molecule has 0 aliphatic carbocycles. The van der Waals surface area contributed by atoms with E-state index in [0.29, 0.717) is 35.1 Å². The molecule has 2 aromatic carbocycles. The fourth-order valence-electron chi connectivity index (χ4n) is 3.75.